The number of unbranched alkanes of at least 4 members (excludes halogenated alkanes) is 2. The number of nitrogens with two attached hydrogens (primary N) is 1. The average molecular weight is 456 g/mol. The normalized spacial score (nSPS) is 16.2. The number of carbonyl (C=O) groups excluding carboxylic acids is 1. The van der Waals surface area contributed by atoms with Crippen molar-refractivity contribution < 1.29 is 19.0 Å². The number of ether oxygens (including phenoxy) is 3. The number of morpholine rings is 1. The molecule has 1 aromatic carbocycles. The summed E-state index contributed by atoms with van der Waals surface area (Å²) in [5.41, 5.74) is 10.7. The third kappa shape index (κ3) is 5.36. The van der Waals surface area contributed by atoms with Gasteiger partial charge in [0.2, 0.25) is 0 Å². The van der Waals surface area contributed by atoms with E-state index in [1.54, 1.807) is 0 Å². The molecule has 1 amide bonds. The number of aromatic nitrogens is 1. The van der Waals surface area contributed by atoms with Gasteiger partial charge in [-0.3, -0.25) is 9.69 Å². The van der Waals surface area contributed by atoms with Gasteiger partial charge in [-0.1, -0.05) is 25.8 Å². The van der Waals surface area contributed by atoms with E-state index in [4.69, 9.17) is 19.9 Å². The van der Waals surface area contributed by atoms with Crippen molar-refractivity contribution in [3.8, 4) is 22.6 Å². The maximum Gasteiger partial charge on any atom is 0.251 e. The topological polar surface area (TPSA) is 79.0 Å². The maximum atomic E-state index is 12.7. The third-order valence-electron chi connectivity index (χ3n) is 6.69. The van der Waals surface area contributed by atoms with Crippen LogP contribution in [0, 0.1) is 6.92 Å². The summed E-state index contributed by atoms with van der Waals surface area (Å²) in [4.78, 5) is 15.1. The lowest BCUT2D eigenvalue weighted by Crippen LogP contribution is -2.37. The molecule has 0 spiro atoms. The molecule has 1 saturated heterocycles. The van der Waals surface area contributed by atoms with Crippen molar-refractivity contribution in [1.82, 2.24) is 9.47 Å². The van der Waals surface area contributed by atoms with Crippen LogP contribution in [0.4, 0.5) is 0 Å². The van der Waals surface area contributed by atoms with E-state index in [1.165, 1.54) is 5.69 Å². The number of nitrogens with zero attached hydrogens (tertiary/aromatic N) is 2. The summed E-state index contributed by atoms with van der Waals surface area (Å²) >= 11 is 0. The second kappa shape index (κ2) is 11.1. The lowest BCUT2D eigenvalue weighted by Gasteiger charge is -2.26. The van der Waals surface area contributed by atoms with Gasteiger partial charge in [0, 0.05) is 43.1 Å². The van der Waals surface area contributed by atoms with E-state index in [2.05, 4.69) is 16.4 Å². The van der Waals surface area contributed by atoms with Crippen LogP contribution in [0.25, 0.3) is 11.1 Å². The largest absolute Gasteiger partial charge is 0.486 e. The van der Waals surface area contributed by atoms with Gasteiger partial charge in [0.15, 0.2) is 11.5 Å². The van der Waals surface area contributed by atoms with Gasteiger partial charge in [0.1, 0.15) is 13.2 Å². The lowest BCUT2D eigenvalue weighted by molar-refractivity contribution is 0.0369. The minimum Gasteiger partial charge on any atom is -0.486 e. The fraction of sp³-hybridized carbons (Fsp3) is 0.577. The van der Waals surface area contributed by atoms with Crippen molar-refractivity contribution in [2.75, 3.05) is 46.1 Å². The first-order chi connectivity index (χ1) is 16.1. The minimum absolute atomic E-state index is 0.374. The van der Waals surface area contributed by atoms with E-state index >= 15 is 0 Å². The molecule has 0 atom stereocenters. The number of rotatable bonds is 10. The molecule has 33 heavy (non-hydrogen) atoms. The van der Waals surface area contributed by atoms with Gasteiger partial charge in [0.05, 0.1) is 18.8 Å². The summed E-state index contributed by atoms with van der Waals surface area (Å²) < 4.78 is 19.3. The first-order valence-electron chi connectivity index (χ1n) is 12.3. The highest BCUT2D eigenvalue weighted by Crippen LogP contribution is 2.39. The van der Waals surface area contributed by atoms with Crippen LogP contribution in [0.5, 0.6) is 11.5 Å². The Hall–Kier alpha value is -2.51. The van der Waals surface area contributed by atoms with Crippen LogP contribution in [0.1, 0.15) is 54.4 Å². The molecule has 0 radical (unpaired) electrons. The summed E-state index contributed by atoms with van der Waals surface area (Å²) in [6.45, 7) is 10.8. The Balaban J connectivity index is 1.68. The number of fused-ring (bicyclic) bond motifs is 1. The van der Waals surface area contributed by atoms with Crippen LogP contribution in [0.15, 0.2) is 18.2 Å². The van der Waals surface area contributed by atoms with E-state index in [0.29, 0.717) is 18.8 Å². The molecule has 0 bridgehead atoms. The van der Waals surface area contributed by atoms with Crippen LogP contribution in [0.2, 0.25) is 0 Å². The zero-order valence-corrected chi connectivity index (χ0v) is 20.0. The molecule has 2 N–H and O–H groups in total. The molecule has 0 unspecified atom stereocenters. The number of primary amides is 1. The highest BCUT2D eigenvalue weighted by atomic mass is 16.6. The van der Waals surface area contributed by atoms with Crippen molar-refractivity contribution in [3.05, 3.63) is 35.2 Å². The van der Waals surface area contributed by atoms with E-state index in [-0.39, 0.29) is 5.91 Å². The Bertz CT molecular complexity index is 963. The fourth-order valence-corrected chi connectivity index (χ4v) is 4.99. The molecule has 1 fully saturated rings. The zero-order chi connectivity index (χ0) is 23.2. The summed E-state index contributed by atoms with van der Waals surface area (Å²) in [6, 6.07) is 5.96. The van der Waals surface area contributed by atoms with Crippen LogP contribution in [-0.2, 0) is 17.7 Å². The SMILES string of the molecule is CCCCCc1c(-c2ccc3c(c2)OCCO3)c(C(N)=O)c(C)n1CCCN1CCOCC1. The maximum absolute atomic E-state index is 12.7. The van der Waals surface area contributed by atoms with Crippen molar-refractivity contribution >= 4 is 5.91 Å². The predicted octanol–water partition coefficient (Wildman–Crippen LogP) is 3.79. The molecule has 2 aliphatic rings. The second-order valence-corrected chi connectivity index (χ2v) is 8.92. The summed E-state index contributed by atoms with van der Waals surface area (Å²) in [5.74, 6) is 1.10. The molecule has 4 rings (SSSR count). The van der Waals surface area contributed by atoms with E-state index < -0.39 is 0 Å². The average Bonchev–Trinajstić information content (AvgIpc) is 3.11. The molecule has 0 aliphatic carbocycles. The molecular weight excluding hydrogens is 418 g/mol. The minimum atomic E-state index is -0.374. The smallest absolute Gasteiger partial charge is 0.251 e. The third-order valence-corrected chi connectivity index (χ3v) is 6.69. The fourth-order valence-electron chi connectivity index (χ4n) is 4.99. The van der Waals surface area contributed by atoms with Crippen LogP contribution in [0.3, 0.4) is 0 Å². The number of carbonyl (C=O) groups is 1. The highest BCUT2D eigenvalue weighted by molar-refractivity contribution is 6.02. The van der Waals surface area contributed by atoms with Crippen molar-refractivity contribution in [2.45, 2.75) is 52.5 Å². The van der Waals surface area contributed by atoms with Crippen LogP contribution in [-0.4, -0.2) is 61.4 Å². The van der Waals surface area contributed by atoms with E-state index in [0.717, 1.165) is 99.8 Å². The second-order valence-electron chi connectivity index (χ2n) is 8.92. The monoisotopic (exact) mass is 455 g/mol. The van der Waals surface area contributed by atoms with E-state index in [9.17, 15) is 4.79 Å². The quantitative estimate of drug-likeness (QED) is 0.552. The molecular formula is C26H37N3O4. The van der Waals surface area contributed by atoms with Gasteiger partial charge in [-0.2, -0.15) is 0 Å². The molecule has 0 saturated carbocycles. The van der Waals surface area contributed by atoms with E-state index in [1.807, 2.05) is 25.1 Å². The predicted molar refractivity (Wildman–Crippen MR) is 129 cm³/mol. The number of benzene rings is 1. The molecule has 1 aromatic heterocycles. The van der Waals surface area contributed by atoms with Crippen molar-refractivity contribution in [2.24, 2.45) is 5.73 Å². The number of amides is 1. The molecule has 180 valence electrons. The van der Waals surface area contributed by atoms with Crippen LogP contribution < -0.4 is 15.2 Å². The molecule has 2 aromatic rings. The lowest BCUT2D eigenvalue weighted by atomic mass is 9.97. The summed E-state index contributed by atoms with van der Waals surface area (Å²) in [5, 5.41) is 0. The Kier molecular flexibility index (Phi) is 7.93. The van der Waals surface area contributed by atoms with Gasteiger partial charge in [-0.25, -0.2) is 0 Å². The Morgan fingerprint density at radius 1 is 1.00 bits per heavy atom. The van der Waals surface area contributed by atoms with Gasteiger partial charge >= 0.3 is 0 Å². The van der Waals surface area contributed by atoms with Crippen molar-refractivity contribution in [3.63, 3.8) is 0 Å². The summed E-state index contributed by atoms with van der Waals surface area (Å²) in [7, 11) is 0. The van der Waals surface area contributed by atoms with Gasteiger partial charge in [-0.05, 0) is 43.9 Å². The number of hydrogen-bond acceptors (Lipinski definition) is 5. The standard InChI is InChI=1S/C26H37N3O4/c1-3-4-5-7-21-25(20-8-9-22-23(18-20)33-17-16-32-22)24(26(27)30)19(2)29(21)11-6-10-28-12-14-31-15-13-28/h8-9,18H,3-7,10-17H2,1-2H3,(H2,27,30). The highest BCUT2D eigenvalue weighted by Gasteiger charge is 2.26. The zero-order valence-electron chi connectivity index (χ0n) is 20.0. The van der Waals surface area contributed by atoms with Gasteiger partial charge in [0.25, 0.3) is 5.91 Å². The molecule has 2 aliphatic heterocycles. The first-order valence-corrected chi connectivity index (χ1v) is 12.3. The van der Waals surface area contributed by atoms with Gasteiger partial charge < -0.3 is 24.5 Å². The molecule has 7 heteroatoms. The van der Waals surface area contributed by atoms with Gasteiger partial charge in [-0.15, -0.1) is 0 Å². The molecule has 7 nitrogen and oxygen atoms in total. The first kappa shape index (κ1) is 23.6. The Labute approximate surface area is 196 Å². The van der Waals surface area contributed by atoms with Crippen molar-refractivity contribution in [1.29, 1.82) is 0 Å². The number of hydrogen-bond donors (Lipinski definition) is 1. The summed E-state index contributed by atoms with van der Waals surface area (Å²) in [6.07, 6.45) is 5.33. The Morgan fingerprint density at radius 2 is 1.76 bits per heavy atom. The Morgan fingerprint density at radius 3 is 2.48 bits per heavy atom. The molecule has 3 heterocycles. The van der Waals surface area contributed by atoms with Crippen LogP contribution >= 0.6 is 0 Å².